The van der Waals surface area contributed by atoms with Gasteiger partial charge in [-0.15, -0.1) is 24.8 Å². The lowest BCUT2D eigenvalue weighted by Gasteiger charge is -2.35. The number of β-amino-alcohol motifs (C(OH)–C–C–N with tert-alkyl or cyclic N) is 1. The number of ether oxygens (including phenoxy) is 3. The van der Waals surface area contributed by atoms with Gasteiger partial charge in [0.15, 0.2) is 11.5 Å². The van der Waals surface area contributed by atoms with Crippen molar-refractivity contribution in [3.8, 4) is 17.2 Å². The third-order valence-corrected chi connectivity index (χ3v) is 5.29. The molecule has 2 aromatic carbocycles. The number of halogens is 3. The molecule has 1 fully saturated rings. The zero-order valence-electron chi connectivity index (χ0n) is 16.5. The van der Waals surface area contributed by atoms with Crippen molar-refractivity contribution in [2.45, 2.75) is 12.6 Å². The molecule has 0 spiro atoms. The van der Waals surface area contributed by atoms with E-state index in [1.54, 1.807) is 12.1 Å². The molecule has 2 heterocycles. The summed E-state index contributed by atoms with van der Waals surface area (Å²) in [6, 6.07) is 13.3. The van der Waals surface area contributed by atoms with Crippen molar-refractivity contribution in [3.63, 3.8) is 0 Å². The van der Waals surface area contributed by atoms with E-state index in [2.05, 4.69) is 21.9 Å². The average molecular weight is 478 g/mol. The summed E-state index contributed by atoms with van der Waals surface area (Å²) in [5.74, 6) is 2.38. The molecule has 4 rings (SSSR count). The summed E-state index contributed by atoms with van der Waals surface area (Å²) in [6.07, 6.45) is -0.518. The minimum Gasteiger partial charge on any atom is -0.491 e. The lowest BCUT2D eigenvalue weighted by Crippen LogP contribution is -2.48. The first-order valence-electron chi connectivity index (χ1n) is 9.55. The van der Waals surface area contributed by atoms with Crippen LogP contribution in [-0.4, -0.2) is 67.1 Å². The highest BCUT2D eigenvalue weighted by molar-refractivity contribution is 6.30. The van der Waals surface area contributed by atoms with E-state index in [-0.39, 0.29) is 31.4 Å². The third kappa shape index (κ3) is 6.80. The van der Waals surface area contributed by atoms with Crippen molar-refractivity contribution < 1.29 is 19.3 Å². The van der Waals surface area contributed by atoms with E-state index in [4.69, 9.17) is 25.8 Å². The molecule has 0 bridgehead atoms. The summed E-state index contributed by atoms with van der Waals surface area (Å²) >= 11 is 5.86. The van der Waals surface area contributed by atoms with Crippen molar-refractivity contribution in [2.75, 3.05) is 46.1 Å². The van der Waals surface area contributed by atoms with Crippen LogP contribution in [0.3, 0.4) is 0 Å². The van der Waals surface area contributed by atoms with Crippen LogP contribution in [0.15, 0.2) is 42.5 Å². The van der Waals surface area contributed by atoms with Crippen LogP contribution < -0.4 is 14.2 Å². The first-order valence-corrected chi connectivity index (χ1v) is 9.93. The summed E-state index contributed by atoms with van der Waals surface area (Å²) < 4.78 is 16.5. The largest absolute Gasteiger partial charge is 0.491 e. The molecule has 6 nitrogen and oxygen atoms in total. The Morgan fingerprint density at radius 3 is 2.33 bits per heavy atom. The van der Waals surface area contributed by atoms with Gasteiger partial charge in [-0.05, 0) is 42.0 Å². The van der Waals surface area contributed by atoms with Crippen molar-refractivity contribution >= 4 is 36.4 Å². The van der Waals surface area contributed by atoms with Crippen LogP contribution in [0.25, 0.3) is 0 Å². The van der Waals surface area contributed by atoms with E-state index in [1.165, 1.54) is 5.56 Å². The van der Waals surface area contributed by atoms with Gasteiger partial charge in [0.05, 0.1) is 0 Å². The smallest absolute Gasteiger partial charge is 0.231 e. The highest BCUT2D eigenvalue weighted by Crippen LogP contribution is 2.32. The third-order valence-electron chi connectivity index (χ3n) is 5.03. The van der Waals surface area contributed by atoms with E-state index in [0.29, 0.717) is 18.4 Å². The Kier molecular flexibility index (Phi) is 9.81. The molecule has 2 aromatic rings. The molecule has 0 amide bonds. The van der Waals surface area contributed by atoms with Crippen LogP contribution in [0.2, 0.25) is 5.02 Å². The molecule has 30 heavy (non-hydrogen) atoms. The van der Waals surface area contributed by atoms with Crippen molar-refractivity contribution in [3.05, 3.63) is 53.1 Å². The standard InChI is InChI=1S/C21H25ClN2O4.2ClH/c22-17-2-4-19(5-3-17)26-14-18(25)13-24-9-7-23(8-10-24)12-16-1-6-20-21(11-16)28-15-27-20;;/h1-6,11,18,25H,7-10,12-15H2;2*1H. The highest BCUT2D eigenvalue weighted by Gasteiger charge is 2.20. The van der Waals surface area contributed by atoms with Crippen molar-refractivity contribution in [2.24, 2.45) is 0 Å². The lowest BCUT2D eigenvalue weighted by atomic mass is 10.1. The van der Waals surface area contributed by atoms with Crippen LogP contribution in [-0.2, 0) is 6.54 Å². The van der Waals surface area contributed by atoms with Gasteiger partial charge in [-0.25, -0.2) is 0 Å². The fourth-order valence-electron chi connectivity index (χ4n) is 3.50. The topological polar surface area (TPSA) is 54.4 Å². The number of aliphatic hydroxyl groups is 1. The number of benzene rings is 2. The second-order valence-electron chi connectivity index (χ2n) is 7.18. The van der Waals surface area contributed by atoms with E-state index in [9.17, 15) is 5.11 Å². The number of rotatable bonds is 7. The summed E-state index contributed by atoms with van der Waals surface area (Å²) in [6.45, 7) is 5.91. The van der Waals surface area contributed by atoms with E-state index in [0.717, 1.165) is 50.0 Å². The molecule has 9 heteroatoms. The zero-order chi connectivity index (χ0) is 19.3. The van der Waals surface area contributed by atoms with E-state index >= 15 is 0 Å². The van der Waals surface area contributed by atoms with Gasteiger partial charge in [0.25, 0.3) is 0 Å². The molecule has 166 valence electrons. The summed E-state index contributed by atoms with van der Waals surface area (Å²) in [5.41, 5.74) is 1.23. The number of piperazine rings is 1. The van der Waals surface area contributed by atoms with Crippen molar-refractivity contribution in [1.29, 1.82) is 0 Å². The van der Waals surface area contributed by atoms with Crippen LogP contribution >= 0.6 is 36.4 Å². The van der Waals surface area contributed by atoms with Gasteiger partial charge in [0, 0.05) is 44.3 Å². The Labute approximate surface area is 194 Å². The zero-order valence-corrected chi connectivity index (χ0v) is 18.9. The summed E-state index contributed by atoms with van der Waals surface area (Å²) in [4.78, 5) is 4.71. The van der Waals surface area contributed by atoms with Crippen LogP contribution in [0.1, 0.15) is 5.56 Å². The predicted octanol–water partition coefficient (Wildman–Crippen LogP) is 3.47. The fourth-order valence-corrected chi connectivity index (χ4v) is 3.63. The number of fused-ring (bicyclic) bond motifs is 1. The molecular weight excluding hydrogens is 451 g/mol. The van der Waals surface area contributed by atoms with Crippen LogP contribution in [0.5, 0.6) is 17.2 Å². The normalized spacial score (nSPS) is 17.0. The Hall–Kier alpha value is -1.41. The maximum atomic E-state index is 10.3. The van der Waals surface area contributed by atoms with Gasteiger partial charge in [0.1, 0.15) is 18.5 Å². The molecule has 0 aliphatic carbocycles. The van der Waals surface area contributed by atoms with Gasteiger partial charge < -0.3 is 19.3 Å². The van der Waals surface area contributed by atoms with Gasteiger partial charge in [-0.2, -0.15) is 0 Å². The molecule has 1 unspecified atom stereocenters. The Morgan fingerprint density at radius 2 is 1.60 bits per heavy atom. The quantitative estimate of drug-likeness (QED) is 0.659. The first-order chi connectivity index (χ1) is 13.7. The number of hydrogen-bond donors (Lipinski definition) is 1. The summed E-state index contributed by atoms with van der Waals surface area (Å²) in [5, 5.41) is 10.9. The Balaban J connectivity index is 0.00000160. The molecule has 0 aromatic heterocycles. The number of nitrogens with zero attached hydrogens (tertiary/aromatic N) is 2. The van der Waals surface area contributed by atoms with Crippen LogP contribution in [0.4, 0.5) is 0 Å². The second kappa shape index (κ2) is 11.8. The monoisotopic (exact) mass is 476 g/mol. The molecule has 0 radical (unpaired) electrons. The van der Waals surface area contributed by atoms with E-state index in [1.807, 2.05) is 18.2 Å². The molecule has 1 saturated heterocycles. The molecular formula is C21H27Cl3N2O4. The van der Waals surface area contributed by atoms with Crippen molar-refractivity contribution in [1.82, 2.24) is 9.80 Å². The summed E-state index contributed by atoms with van der Waals surface area (Å²) in [7, 11) is 0. The molecule has 1 N–H and O–H groups in total. The minimum absolute atomic E-state index is 0. The molecule has 2 aliphatic rings. The van der Waals surface area contributed by atoms with E-state index < -0.39 is 6.10 Å². The minimum atomic E-state index is -0.518. The average Bonchev–Trinajstić information content (AvgIpc) is 3.17. The first kappa shape index (κ1) is 24.9. The Morgan fingerprint density at radius 1 is 0.933 bits per heavy atom. The van der Waals surface area contributed by atoms with Gasteiger partial charge >= 0.3 is 0 Å². The highest BCUT2D eigenvalue weighted by atomic mass is 35.5. The maximum Gasteiger partial charge on any atom is 0.231 e. The molecule has 2 aliphatic heterocycles. The predicted molar refractivity (Wildman–Crippen MR) is 122 cm³/mol. The molecule has 0 saturated carbocycles. The number of aliphatic hydroxyl groups excluding tert-OH is 1. The lowest BCUT2D eigenvalue weighted by molar-refractivity contribution is 0.0446. The molecule has 1 atom stereocenters. The number of hydrogen-bond acceptors (Lipinski definition) is 6. The maximum absolute atomic E-state index is 10.3. The Bertz CT molecular complexity index is 786. The second-order valence-corrected chi connectivity index (χ2v) is 7.62. The van der Waals surface area contributed by atoms with Gasteiger partial charge in [-0.1, -0.05) is 17.7 Å². The fraction of sp³-hybridized carbons (Fsp3) is 0.429. The van der Waals surface area contributed by atoms with Gasteiger partial charge in [0.2, 0.25) is 6.79 Å². The van der Waals surface area contributed by atoms with Gasteiger partial charge in [-0.3, -0.25) is 9.80 Å². The van der Waals surface area contributed by atoms with Crippen LogP contribution in [0, 0.1) is 0 Å². The SMILES string of the molecule is Cl.Cl.OC(COc1ccc(Cl)cc1)CN1CCN(Cc2ccc3c(c2)OCO3)CC1.